The summed E-state index contributed by atoms with van der Waals surface area (Å²) >= 11 is 8.54. The van der Waals surface area contributed by atoms with Gasteiger partial charge >= 0.3 is 0 Å². The van der Waals surface area contributed by atoms with Crippen molar-refractivity contribution in [1.82, 2.24) is 0 Å². The minimum atomic E-state index is 0.817. The second-order valence-electron chi connectivity index (χ2n) is 2.81. The third kappa shape index (κ3) is 1.20. The number of thiophene rings is 3. The standard InChI is InChI=1S/C9H3BrOS3/c10-7-2-6-9(14-7)8-5(13-6)1-4(3-11)12-8/h1-3H. The van der Waals surface area contributed by atoms with E-state index in [9.17, 15) is 4.79 Å². The maximum absolute atomic E-state index is 10.6. The zero-order valence-electron chi connectivity index (χ0n) is 6.74. The number of hydrogen-bond donors (Lipinski definition) is 0. The molecule has 70 valence electrons. The fraction of sp³-hybridized carbons (Fsp3) is 0. The average molecular weight is 303 g/mol. The van der Waals surface area contributed by atoms with Crippen molar-refractivity contribution in [1.29, 1.82) is 0 Å². The molecule has 0 atom stereocenters. The summed E-state index contributed by atoms with van der Waals surface area (Å²) in [7, 11) is 0. The van der Waals surface area contributed by atoms with E-state index in [2.05, 4.69) is 22.0 Å². The lowest BCUT2D eigenvalue weighted by Gasteiger charge is -1.75. The number of hydrogen-bond acceptors (Lipinski definition) is 4. The molecule has 3 aromatic heterocycles. The Morgan fingerprint density at radius 1 is 1.07 bits per heavy atom. The molecule has 3 rings (SSSR count). The van der Waals surface area contributed by atoms with E-state index >= 15 is 0 Å². The van der Waals surface area contributed by atoms with Crippen molar-refractivity contribution < 1.29 is 4.79 Å². The molecule has 0 saturated heterocycles. The topological polar surface area (TPSA) is 17.1 Å². The van der Waals surface area contributed by atoms with E-state index in [4.69, 9.17) is 0 Å². The molecule has 0 amide bonds. The number of aldehydes is 1. The normalized spacial score (nSPS) is 11.5. The van der Waals surface area contributed by atoms with E-state index in [1.165, 1.54) is 18.8 Å². The van der Waals surface area contributed by atoms with Gasteiger partial charge < -0.3 is 0 Å². The number of carbonyl (C=O) groups is 1. The smallest absolute Gasteiger partial charge is 0.160 e. The Bertz CT molecular complexity index is 631. The second kappa shape index (κ2) is 3.13. The second-order valence-corrected chi connectivity index (χ2v) is 7.40. The Hall–Kier alpha value is -0.230. The molecule has 0 radical (unpaired) electrons. The molecule has 5 heteroatoms. The van der Waals surface area contributed by atoms with E-state index in [0.29, 0.717) is 0 Å². The highest BCUT2D eigenvalue weighted by atomic mass is 79.9. The maximum atomic E-state index is 10.6. The first-order valence-corrected chi connectivity index (χ1v) is 7.09. The van der Waals surface area contributed by atoms with Crippen molar-refractivity contribution in [2.75, 3.05) is 0 Å². The van der Waals surface area contributed by atoms with Crippen LogP contribution in [-0.4, -0.2) is 6.29 Å². The first-order valence-electron chi connectivity index (χ1n) is 3.84. The van der Waals surface area contributed by atoms with Crippen LogP contribution in [0.2, 0.25) is 0 Å². The molecule has 0 aliphatic heterocycles. The molecule has 3 aromatic rings. The molecular formula is C9H3BrOS3. The minimum absolute atomic E-state index is 0.817. The van der Waals surface area contributed by atoms with E-state index in [1.807, 2.05) is 6.07 Å². The fourth-order valence-corrected chi connectivity index (χ4v) is 5.82. The van der Waals surface area contributed by atoms with Crippen LogP contribution in [0.15, 0.2) is 15.9 Å². The molecule has 0 fully saturated rings. The van der Waals surface area contributed by atoms with Gasteiger partial charge in [-0.1, -0.05) is 0 Å². The monoisotopic (exact) mass is 302 g/mol. The lowest BCUT2D eigenvalue weighted by Crippen LogP contribution is -1.62. The summed E-state index contributed by atoms with van der Waals surface area (Å²) in [6.45, 7) is 0. The van der Waals surface area contributed by atoms with Crippen LogP contribution in [0.25, 0.3) is 18.8 Å². The number of rotatable bonds is 1. The predicted molar refractivity (Wildman–Crippen MR) is 68.2 cm³/mol. The molecule has 0 aliphatic carbocycles. The predicted octanol–water partition coefficient (Wildman–Crippen LogP) is 4.75. The van der Waals surface area contributed by atoms with Gasteiger partial charge in [0.15, 0.2) is 6.29 Å². The zero-order valence-corrected chi connectivity index (χ0v) is 10.8. The molecule has 0 unspecified atom stereocenters. The van der Waals surface area contributed by atoms with Gasteiger partial charge in [-0.3, -0.25) is 4.79 Å². The van der Waals surface area contributed by atoms with Gasteiger partial charge in [0.1, 0.15) is 0 Å². The first-order chi connectivity index (χ1) is 6.78. The van der Waals surface area contributed by atoms with E-state index in [-0.39, 0.29) is 0 Å². The molecule has 3 heterocycles. The van der Waals surface area contributed by atoms with Crippen LogP contribution in [0.1, 0.15) is 9.67 Å². The highest BCUT2D eigenvalue weighted by molar-refractivity contribution is 9.11. The van der Waals surface area contributed by atoms with Gasteiger partial charge in [-0.05, 0) is 28.1 Å². The van der Waals surface area contributed by atoms with Gasteiger partial charge in [-0.15, -0.1) is 34.0 Å². The van der Waals surface area contributed by atoms with Crippen molar-refractivity contribution in [3.05, 3.63) is 20.8 Å². The molecule has 0 saturated carbocycles. The largest absolute Gasteiger partial charge is 0.297 e. The van der Waals surface area contributed by atoms with Crippen LogP contribution >= 0.6 is 49.9 Å². The van der Waals surface area contributed by atoms with Gasteiger partial charge in [-0.25, -0.2) is 0 Å². The van der Waals surface area contributed by atoms with Crippen molar-refractivity contribution in [2.24, 2.45) is 0 Å². The molecule has 1 nitrogen and oxygen atoms in total. The number of halogens is 1. The maximum Gasteiger partial charge on any atom is 0.160 e. The third-order valence-corrected chi connectivity index (χ3v) is 6.13. The van der Waals surface area contributed by atoms with E-state index in [0.717, 1.165) is 14.9 Å². The quantitative estimate of drug-likeness (QED) is 0.593. The molecule has 0 aliphatic rings. The summed E-state index contributed by atoms with van der Waals surface area (Å²) in [6.07, 6.45) is 0.922. The SMILES string of the molecule is O=Cc1cc2sc3cc(Br)sc3c2s1. The van der Waals surface area contributed by atoms with Crippen LogP contribution in [0.4, 0.5) is 0 Å². The zero-order chi connectivity index (χ0) is 9.71. The van der Waals surface area contributed by atoms with Gasteiger partial charge in [0, 0.05) is 9.40 Å². The molecular weight excluding hydrogens is 300 g/mol. The van der Waals surface area contributed by atoms with Gasteiger partial charge in [0.2, 0.25) is 0 Å². The summed E-state index contributed by atoms with van der Waals surface area (Å²) in [5.41, 5.74) is 0. The highest BCUT2D eigenvalue weighted by Gasteiger charge is 2.11. The van der Waals surface area contributed by atoms with Crippen LogP contribution in [0.5, 0.6) is 0 Å². The van der Waals surface area contributed by atoms with Crippen molar-refractivity contribution >= 4 is 75.0 Å². The van der Waals surface area contributed by atoms with E-state index < -0.39 is 0 Å². The van der Waals surface area contributed by atoms with Crippen molar-refractivity contribution in [3.63, 3.8) is 0 Å². The Morgan fingerprint density at radius 2 is 1.79 bits per heavy atom. The molecule has 14 heavy (non-hydrogen) atoms. The third-order valence-electron chi connectivity index (χ3n) is 1.93. The highest BCUT2D eigenvalue weighted by Crippen LogP contribution is 2.44. The number of carbonyl (C=O) groups excluding carboxylic acids is 1. The van der Waals surface area contributed by atoms with Crippen LogP contribution in [0.3, 0.4) is 0 Å². The van der Waals surface area contributed by atoms with Crippen LogP contribution in [-0.2, 0) is 0 Å². The van der Waals surface area contributed by atoms with Crippen molar-refractivity contribution in [2.45, 2.75) is 0 Å². The van der Waals surface area contributed by atoms with Gasteiger partial charge in [-0.2, -0.15) is 0 Å². The Balaban J connectivity index is 2.47. The van der Waals surface area contributed by atoms with Crippen molar-refractivity contribution in [3.8, 4) is 0 Å². The lowest BCUT2D eigenvalue weighted by molar-refractivity contribution is 0.112. The fourth-order valence-electron chi connectivity index (χ4n) is 1.38. The minimum Gasteiger partial charge on any atom is -0.297 e. The lowest BCUT2D eigenvalue weighted by atomic mass is 10.4. The van der Waals surface area contributed by atoms with Gasteiger partial charge in [0.25, 0.3) is 0 Å². The number of fused-ring (bicyclic) bond motifs is 3. The van der Waals surface area contributed by atoms with E-state index in [1.54, 1.807) is 34.0 Å². The molecule has 0 N–H and O–H groups in total. The van der Waals surface area contributed by atoms with Crippen LogP contribution < -0.4 is 0 Å². The Kier molecular flexibility index (Phi) is 2.02. The summed E-state index contributed by atoms with van der Waals surface area (Å²) in [6, 6.07) is 4.11. The Morgan fingerprint density at radius 3 is 2.57 bits per heavy atom. The first kappa shape index (κ1) is 9.03. The summed E-state index contributed by atoms with van der Waals surface area (Å²) in [5, 5.41) is 0. The Labute approximate surface area is 100 Å². The van der Waals surface area contributed by atoms with Gasteiger partial charge in [0.05, 0.1) is 18.1 Å². The molecule has 0 spiro atoms. The molecule has 0 aromatic carbocycles. The summed E-state index contributed by atoms with van der Waals surface area (Å²) in [5.74, 6) is 0. The van der Waals surface area contributed by atoms with Crippen LogP contribution in [0, 0.1) is 0 Å². The summed E-state index contributed by atoms with van der Waals surface area (Å²) in [4.78, 5) is 11.4. The summed E-state index contributed by atoms with van der Waals surface area (Å²) < 4.78 is 6.24. The average Bonchev–Trinajstić information content (AvgIpc) is 2.74. The molecule has 0 bridgehead atoms.